The van der Waals surface area contributed by atoms with Crippen molar-refractivity contribution in [2.45, 2.75) is 114 Å². The lowest BCUT2D eigenvalue weighted by molar-refractivity contribution is -0.134. The number of nitrogens with one attached hydrogen (secondary N) is 3. The molecular formula is C52H60F2N8O6S. The van der Waals surface area contributed by atoms with Crippen LogP contribution >= 0.6 is 11.9 Å². The van der Waals surface area contributed by atoms with Crippen LogP contribution in [0.15, 0.2) is 76.9 Å². The number of nitroso groups, excluding NO2 is 1. The van der Waals surface area contributed by atoms with Crippen LogP contribution in [-0.2, 0) is 4.79 Å². The lowest BCUT2D eigenvalue weighted by Crippen LogP contribution is -2.60. The number of ether oxygens (including phenoxy) is 2. The van der Waals surface area contributed by atoms with Gasteiger partial charge in [-0.05, 0) is 134 Å². The van der Waals surface area contributed by atoms with E-state index in [-0.39, 0.29) is 63.1 Å². The highest BCUT2D eigenvalue weighted by molar-refractivity contribution is 7.98. The van der Waals surface area contributed by atoms with E-state index in [1.54, 1.807) is 31.2 Å². The minimum atomic E-state index is -0.971. The van der Waals surface area contributed by atoms with Gasteiger partial charge in [0.05, 0.1) is 28.6 Å². The van der Waals surface area contributed by atoms with Crippen molar-refractivity contribution in [1.82, 2.24) is 24.5 Å². The number of hydrogen-bond acceptors (Lipinski definition) is 12. The first-order chi connectivity index (χ1) is 33.2. The van der Waals surface area contributed by atoms with Gasteiger partial charge in [-0.15, -0.1) is 4.91 Å². The molecule has 2 aromatic heterocycles. The van der Waals surface area contributed by atoms with Crippen molar-refractivity contribution in [3.8, 4) is 17.2 Å². The Morgan fingerprint density at radius 1 is 1.00 bits per heavy atom. The topological polar surface area (TPSA) is 165 Å². The van der Waals surface area contributed by atoms with E-state index in [2.05, 4.69) is 73.1 Å². The van der Waals surface area contributed by atoms with E-state index in [1.807, 2.05) is 17.9 Å². The minimum Gasteiger partial charge on any atom is -0.489 e. The van der Waals surface area contributed by atoms with Crippen LogP contribution in [0.3, 0.4) is 0 Å². The molecule has 10 rings (SSSR count). The fourth-order valence-corrected chi connectivity index (χ4v) is 12.2. The molecule has 69 heavy (non-hydrogen) atoms. The summed E-state index contributed by atoms with van der Waals surface area (Å²) in [5, 5.41) is 17.2. The summed E-state index contributed by atoms with van der Waals surface area (Å²) in [4.78, 5) is 52.7. The van der Waals surface area contributed by atoms with Crippen molar-refractivity contribution in [3.63, 3.8) is 0 Å². The number of amides is 2. The standard InChI is InChI=1S/C52H60F2N8O6S/c1-30(2)36-7-5-6-8-37(36)43-28-61(31(3)63)19-20-62(43)34-25-52(26-34)15-17-60(18-16-52)33-9-10-38(44(21-33)68-46-24-39-40(53)27-55-49(39)57-48(46)54)50(64)59-69-35-22-41(58-66)47-45(23-35)67-29-42(56-47)32-11-13-51(4,65)14-12-32/h5-10,21-24,27,30,32,34,42-43,56,65H,11-20,25-26,28-29H2,1-4H3,(H,55,57)(H,59,64)/t32-,42-,43?,51-/m1/s1. The normalized spacial score (nSPS) is 23.8. The highest BCUT2D eigenvalue weighted by Gasteiger charge is 2.50. The van der Waals surface area contributed by atoms with Gasteiger partial charge in [-0.3, -0.25) is 19.2 Å². The van der Waals surface area contributed by atoms with Crippen molar-refractivity contribution < 1.29 is 33.0 Å². The number of piperazine rings is 1. The molecule has 0 bridgehead atoms. The third-order valence-electron chi connectivity index (χ3n) is 15.6. The zero-order valence-electron chi connectivity index (χ0n) is 39.5. The predicted molar refractivity (Wildman–Crippen MR) is 262 cm³/mol. The Morgan fingerprint density at radius 2 is 1.77 bits per heavy atom. The Hall–Kier alpha value is -5.78. The Bertz CT molecular complexity index is 2760. The van der Waals surface area contributed by atoms with E-state index in [9.17, 15) is 24.0 Å². The smallest absolute Gasteiger partial charge is 0.265 e. The van der Waals surface area contributed by atoms with E-state index in [4.69, 9.17) is 9.47 Å². The molecule has 2 aliphatic carbocycles. The summed E-state index contributed by atoms with van der Waals surface area (Å²) in [5.41, 5.74) is 3.74. The monoisotopic (exact) mass is 962 g/mol. The summed E-state index contributed by atoms with van der Waals surface area (Å²) in [6, 6.07) is 19.0. The van der Waals surface area contributed by atoms with Crippen molar-refractivity contribution in [2.24, 2.45) is 16.5 Å². The lowest BCUT2D eigenvalue weighted by Gasteiger charge is -2.58. The molecule has 5 heterocycles. The zero-order valence-corrected chi connectivity index (χ0v) is 40.3. The van der Waals surface area contributed by atoms with Gasteiger partial charge in [0.15, 0.2) is 5.75 Å². The molecule has 2 atom stereocenters. The zero-order chi connectivity index (χ0) is 48.2. The number of aliphatic hydroxyl groups is 1. The van der Waals surface area contributed by atoms with Crippen molar-refractivity contribution in [2.75, 3.05) is 49.5 Å². The van der Waals surface area contributed by atoms with Crippen LogP contribution < -0.4 is 24.4 Å². The minimum absolute atomic E-state index is 0.0299. The molecule has 14 nitrogen and oxygen atoms in total. The van der Waals surface area contributed by atoms with E-state index in [0.29, 0.717) is 54.3 Å². The number of hydrogen-bond donors (Lipinski definition) is 4. The quantitative estimate of drug-likeness (QED) is 0.0566. The first-order valence-corrected chi connectivity index (χ1v) is 25.1. The van der Waals surface area contributed by atoms with Gasteiger partial charge in [-0.25, -0.2) is 4.39 Å². The number of benzene rings is 3. The highest BCUT2D eigenvalue weighted by Crippen LogP contribution is 2.54. The number of fused-ring (bicyclic) bond motifs is 2. The second kappa shape index (κ2) is 18.9. The number of nitrogens with zero attached hydrogens (tertiary/aromatic N) is 5. The molecule has 4 fully saturated rings. The first-order valence-electron chi connectivity index (χ1n) is 24.3. The molecule has 364 valence electrons. The fourth-order valence-electron chi connectivity index (χ4n) is 11.6. The Morgan fingerprint density at radius 3 is 2.51 bits per heavy atom. The van der Waals surface area contributed by atoms with Crippen LogP contribution in [0.5, 0.6) is 17.2 Å². The van der Waals surface area contributed by atoms with Gasteiger partial charge >= 0.3 is 0 Å². The maximum Gasteiger partial charge on any atom is 0.265 e. The highest BCUT2D eigenvalue weighted by atomic mass is 32.2. The molecule has 3 aromatic carbocycles. The fraction of sp³-hybridized carbons (Fsp3) is 0.481. The van der Waals surface area contributed by atoms with E-state index in [0.717, 1.165) is 88.5 Å². The summed E-state index contributed by atoms with van der Waals surface area (Å²) in [5.74, 6) is -1.22. The third kappa shape index (κ3) is 9.49. The molecule has 1 unspecified atom stereocenters. The van der Waals surface area contributed by atoms with Crippen LogP contribution in [0.4, 0.5) is 25.8 Å². The Kier molecular flexibility index (Phi) is 12.8. The number of anilines is 2. The molecule has 4 N–H and O–H groups in total. The van der Waals surface area contributed by atoms with Gasteiger partial charge < -0.3 is 34.7 Å². The van der Waals surface area contributed by atoms with E-state index in [1.165, 1.54) is 17.2 Å². The maximum atomic E-state index is 15.5. The summed E-state index contributed by atoms with van der Waals surface area (Å²) in [7, 11) is 0. The van der Waals surface area contributed by atoms with Gasteiger partial charge in [-0.2, -0.15) is 9.37 Å². The first kappa shape index (κ1) is 46.9. The summed E-state index contributed by atoms with van der Waals surface area (Å²) in [6.07, 6.45) is 8.26. The summed E-state index contributed by atoms with van der Waals surface area (Å²) in [6.45, 7) is 12.2. The van der Waals surface area contributed by atoms with Crippen LogP contribution in [-0.4, -0.2) is 93.7 Å². The van der Waals surface area contributed by atoms with Gasteiger partial charge in [0.2, 0.25) is 5.91 Å². The number of halogens is 2. The largest absolute Gasteiger partial charge is 0.489 e. The molecule has 17 heteroatoms. The van der Waals surface area contributed by atoms with Crippen molar-refractivity contribution in [3.05, 3.63) is 100 Å². The number of pyridine rings is 1. The molecule has 5 aromatic rings. The Balaban J connectivity index is 0.841. The van der Waals surface area contributed by atoms with Gasteiger partial charge in [0.25, 0.3) is 11.9 Å². The summed E-state index contributed by atoms with van der Waals surface area (Å²) >= 11 is 0.970. The van der Waals surface area contributed by atoms with Gasteiger partial charge in [0.1, 0.15) is 40.9 Å². The Labute approximate surface area is 405 Å². The molecule has 1 spiro atoms. The number of H-pyrrole nitrogens is 1. The average Bonchev–Trinajstić information content (AvgIpc) is 3.69. The SMILES string of the molecule is CC(=O)N1CCN(C2CC3(CCN(c4ccc(C(=O)NSc5cc(N=O)c6c(c5)OC[C@H]([C@H]5CC[C@](C)(O)CC5)N6)c(Oc5cc6c(F)c[nH]c6nc5F)c4)CC3)C2)C(c2ccccc2C(C)C)C1. The van der Waals surface area contributed by atoms with Gasteiger partial charge in [-0.1, -0.05) is 38.1 Å². The summed E-state index contributed by atoms with van der Waals surface area (Å²) < 4.78 is 45.3. The van der Waals surface area contributed by atoms with Crippen molar-refractivity contribution in [1.29, 1.82) is 0 Å². The molecule has 0 radical (unpaired) electrons. The average molecular weight is 963 g/mol. The molecule has 2 amide bonds. The molecule has 2 saturated heterocycles. The van der Waals surface area contributed by atoms with E-state index >= 15 is 4.39 Å². The van der Waals surface area contributed by atoms with Crippen LogP contribution in [0.25, 0.3) is 11.0 Å². The second-order valence-electron chi connectivity index (χ2n) is 20.5. The number of piperidine rings is 1. The molecule has 5 aliphatic rings. The van der Waals surface area contributed by atoms with E-state index < -0.39 is 23.3 Å². The number of carbonyl (C=O) groups excluding carboxylic acids is 2. The van der Waals surface area contributed by atoms with Crippen LogP contribution in [0.1, 0.15) is 113 Å². The van der Waals surface area contributed by atoms with Gasteiger partial charge in [0, 0.05) is 68.5 Å². The molecular weight excluding hydrogens is 903 g/mol. The second-order valence-corrected chi connectivity index (χ2v) is 21.4. The maximum absolute atomic E-state index is 15.5. The predicted octanol–water partition coefficient (Wildman–Crippen LogP) is 10.4. The number of rotatable bonds is 11. The third-order valence-corrected chi connectivity index (χ3v) is 16.4. The molecule has 2 saturated carbocycles. The lowest BCUT2D eigenvalue weighted by atomic mass is 9.59. The van der Waals surface area contributed by atoms with Crippen LogP contribution in [0, 0.1) is 28.0 Å². The number of carbonyl (C=O) groups is 2. The molecule has 3 aliphatic heterocycles. The van der Waals surface area contributed by atoms with Crippen molar-refractivity contribution >= 4 is 51.9 Å². The number of aromatic amines is 1. The number of aromatic nitrogens is 2. The van der Waals surface area contributed by atoms with Crippen LogP contribution in [0.2, 0.25) is 0 Å².